The van der Waals surface area contributed by atoms with Gasteiger partial charge in [0.1, 0.15) is 11.4 Å². The number of hydrogen-bond acceptors (Lipinski definition) is 6. The van der Waals surface area contributed by atoms with Gasteiger partial charge in [0.2, 0.25) is 0 Å². The molecule has 4 rings (SSSR count). The molecular weight excluding hydrogens is 526 g/mol. The number of sulfonamides is 1. The minimum Gasteiger partial charge on any atom is -0.512 e. The molecular formula is C31H39N3O5S. The second-order valence-corrected chi connectivity index (χ2v) is 13.4. The van der Waals surface area contributed by atoms with E-state index in [0.717, 1.165) is 18.4 Å². The minimum atomic E-state index is -3.90. The number of nitrogens with one attached hydrogen (secondary N) is 1. The second kappa shape index (κ2) is 11.5. The Morgan fingerprint density at radius 3 is 2.45 bits per heavy atom. The first kappa shape index (κ1) is 29.4. The first-order valence-corrected chi connectivity index (χ1v) is 15.1. The lowest BCUT2D eigenvalue weighted by Crippen LogP contribution is -2.43. The fraction of sp³-hybridized carbons (Fsp3) is 0.419. The van der Waals surface area contributed by atoms with E-state index in [1.54, 1.807) is 29.8 Å². The van der Waals surface area contributed by atoms with Gasteiger partial charge in [0.05, 0.1) is 11.9 Å². The normalized spacial score (nSPS) is 18.9. The molecule has 1 aliphatic heterocycles. The van der Waals surface area contributed by atoms with Crippen molar-refractivity contribution in [3.63, 3.8) is 0 Å². The van der Waals surface area contributed by atoms with E-state index >= 15 is 0 Å². The Labute approximate surface area is 237 Å². The highest BCUT2D eigenvalue weighted by Crippen LogP contribution is 2.47. The number of carbonyl (C=O) groups excluding carboxylic acids is 1. The maximum atomic E-state index is 13.7. The van der Waals surface area contributed by atoms with Crippen molar-refractivity contribution in [2.24, 2.45) is 12.5 Å². The number of hydrogen-bond donors (Lipinski definition) is 2. The van der Waals surface area contributed by atoms with Gasteiger partial charge in [-0.15, -0.1) is 0 Å². The minimum absolute atomic E-state index is 0.0390. The molecule has 0 saturated carbocycles. The summed E-state index contributed by atoms with van der Waals surface area (Å²) in [4.78, 5) is 17.7. The number of ether oxygens (including phenoxy) is 1. The van der Waals surface area contributed by atoms with E-state index in [4.69, 9.17) is 4.74 Å². The maximum absolute atomic E-state index is 13.7. The quantitative estimate of drug-likeness (QED) is 0.280. The third-order valence-corrected chi connectivity index (χ3v) is 8.60. The van der Waals surface area contributed by atoms with Gasteiger partial charge >= 0.3 is 5.97 Å². The van der Waals surface area contributed by atoms with Crippen molar-refractivity contribution in [2.45, 2.75) is 76.3 Å². The number of carbonyl (C=O) groups is 1. The molecule has 2 heterocycles. The van der Waals surface area contributed by atoms with Crippen LogP contribution in [-0.4, -0.2) is 34.6 Å². The molecule has 0 saturated heterocycles. The van der Waals surface area contributed by atoms with Crippen LogP contribution in [0.3, 0.4) is 0 Å². The van der Waals surface area contributed by atoms with Crippen LogP contribution in [0.2, 0.25) is 0 Å². The topological polar surface area (TPSA) is 111 Å². The molecule has 214 valence electrons. The lowest BCUT2D eigenvalue weighted by Gasteiger charge is -2.41. The molecule has 0 spiro atoms. The van der Waals surface area contributed by atoms with E-state index in [2.05, 4.69) is 21.8 Å². The van der Waals surface area contributed by atoms with Gasteiger partial charge in [-0.2, -0.15) is 8.42 Å². The van der Waals surface area contributed by atoms with Gasteiger partial charge in [-0.1, -0.05) is 76.6 Å². The summed E-state index contributed by atoms with van der Waals surface area (Å²) in [7, 11) is -2.21. The van der Waals surface area contributed by atoms with Crippen molar-refractivity contribution in [1.29, 1.82) is 0 Å². The standard InChI is InChI=1S/C31H39N3O5S/c1-6-16-31(17-15-22-11-8-7-9-12-22)19-25(35)27(29(36)39-31)28(30(2,3)4)23-13-10-14-24(18-23)33-40(37,38)26-20-34(5)21-32-26/h7-14,18,20-21,28,33,35H,6,15-17,19H2,1-5H3/t28-,31-/m0/s1. The number of aliphatic hydroxyl groups excluding tert-OH is 1. The molecule has 1 aliphatic rings. The molecule has 3 aromatic rings. The molecule has 2 atom stereocenters. The van der Waals surface area contributed by atoms with Gasteiger partial charge in [-0.25, -0.2) is 9.78 Å². The zero-order valence-electron chi connectivity index (χ0n) is 23.8. The summed E-state index contributed by atoms with van der Waals surface area (Å²) in [5, 5.41) is 11.4. The Morgan fingerprint density at radius 2 is 1.85 bits per heavy atom. The molecule has 0 fully saturated rings. The van der Waals surface area contributed by atoms with Crippen molar-refractivity contribution in [3.8, 4) is 0 Å². The van der Waals surface area contributed by atoms with Crippen LogP contribution in [-0.2, 0) is 33.0 Å². The lowest BCUT2D eigenvalue weighted by atomic mass is 9.70. The van der Waals surface area contributed by atoms with Crippen LogP contribution in [0.5, 0.6) is 0 Å². The van der Waals surface area contributed by atoms with Gasteiger partial charge < -0.3 is 14.4 Å². The van der Waals surface area contributed by atoms with Crippen molar-refractivity contribution in [2.75, 3.05) is 4.72 Å². The first-order chi connectivity index (χ1) is 18.8. The number of aromatic nitrogens is 2. The van der Waals surface area contributed by atoms with Crippen LogP contribution in [0.1, 0.15) is 70.4 Å². The summed E-state index contributed by atoms with van der Waals surface area (Å²) in [5.74, 6) is -1.02. The third-order valence-electron chi connectivity index (χ3n) is 7.33. The Balaban J connectivity index is 1.66. The molecule has 9 heteroatoms. The Morgan fingerprint density at radius 1 is 1.12 bits per heavy atom. The summed E-state index contributed by atoms with van der Waals surface area (Å²) in [5.41, 5.74) is 1.14. The summed E-state index contributed by atoms with van der Waals surface area (Å²) < 4.78 is 36.1. The van der Waals surface area contributed by atoms with Gasteiger partial charge in [-0.3, -0.25) is 4.72 Å². The highest BCUT2D eigenvalue weighted by atomic mass is 32.2. The van der Waals surface area contributed by atoms with Crippen LogP contribution < -0.4 is 4.72 Å². The molecule has 2 aromatic carbocycles. The Kier molecular flexibility index (Phi) is 8.44. The van der Waals surface area contributed by atoms with Gasteiger partial charge in [0.25, 0.3) is 10.0 Å². The van der Waals surface area contributed by atoms with Crippen molar-refractivity contribution >= 4 is 21.7 Å². The summed E-state index contributed by atoms with van der Waals surface area (Å²) in [6.07, 6.45) is 5.89. The van der Waals surface area contributed by atoms with Crippen LogP contribution >= 0.6 is 0 Å². The van der Waals surface area contributed by atoms with E-state index < -0.39 is 32.9 Å². The van der Waals surface area contributed by atoms with E-state index in [9.17, 15) is 18.3 Å². The highest BCUT2D eigenvalue weighted by Gasteiger charge is 2.46. The maximum Gasteiger partial charge on any atom is 0.338 e. The summed E-state index contributed by atoms with van der Waals surface area (Å²) in [6.45, 7) is 8.00. The average Bonchev–Trinajstić information content (AvgIpc) is 3.32. The summed E-state index contributed by atoms with van der Waals surface area (Å²) in [6, 6.07) is 17.0. The molecule has 0 bridgehead atoms. The molecule has 8 nitrogen and oxygen atoms in total. The smallest absolute Gasteiger partial charge is 0.338 e. The number of nitrogens with zero attached hydrogens (tertiary/aromatic N) is 2. The van der Waals surface area contributed by atoms with E-state index in [-0.39, 0.29) is 22.8 Å². The molecule has 0 radical (unpaired) electrons. The fourth-order valence-electron chi connectivity index (χ4n) is 5.58. The van der Waals surface area contributed by atoms with Crippen molar-refractivity contribution < 1.29 is 23.1 Å². The highest BCUT2D eigenvalue weighted by molar-refractivity contribution is 7.92. The van der Waals surface area contributed by atoms with Gasteiger partial charge in [-0.05, 0) is 47.9 Å². The number of esters is 1. The first-order valence-electron chi connectivity index (χ1n) is 13.6. The van der Waals surface area contributed by atoms with Crippen LogP contribution in [0.15, 0.2) is 83.5 Å². The van der Waals surface area contributed by atoms with E-state index in [1.807, 2.05) is 52.0 Å². The molecule has 1 aromatic heterocycles. The number of cyclic esters (lactones) is 1. The number of rotatable bonds is 10. The zero-order chi connectivity index (χ0) is 29.1. The monoisotopic (exact) mass is 565 g/mol. The SMILES string of the molecule is CCC[C@]1(CCc2ccccc2)CC(O)=C([C@H](c2cccc(NS(=O)(=O)c3cn(C)cn3)c2)C(C)(C)C)C(=O)O1. The largest absolute Gasteiger partial charge is 0.512 e. The summed E-state index contributed by atoms with van der Waals surface area (Å²) >= 11 is 0. The number of anilines is 1. The fourth-order valence-corrected chi connectivity index (χ4v) is 6.62. The number of benzene rings is 2. The molecule has 40 heavy (non-hydrogen) atoms. The van der Waals surface area contributed by atoms with Crippen LogP contribution in [0, 0.1) is 5.41 Å². The number of aliphatic hydroxyl groups is 1. The molecule has 0 amide bonds. The molecule has 0 aliphatic carbocycles. The van der Waals surface area contributed by atoms with Gasteiger partial charge in [0, 0.05) is 31.3 Å². The van der Waals surface area contributed by atoms with Crippen molar-refractivity contribution in [3.05, 3.63) is 89.6 Å². The Bertz CT molecular complexity index is 1490. The average molecular weight is 566 g/mol. The van der Waals surface area contributed by atoms with E-state index in [0.29, 0.717) is 24.1 Å². The zero-order valence-corrected chi connectivity index (χ0v) is 24.7. The lowest BCUT2D eigenvalue weighted by molar-refractivity contribution is -0.161. The van der Waals surface area contributed by atoms with Crippen LogP contribution in [0.4, 0.5) is 5.69 Å². The van der Waals surface area contributed by atoms with Gasteiger partial charge in [0.15, 0.2) is 5.03 Å². The Hall–Kier alpha value is -3.59. The number of aryl methyl sites for hydroxylation is 2. The van der Waals surface area contributed by atoms with E-state index in [1.165, 1.54) is 12.5 Å². The molecule has 2 N–H and O–H groups in total. The second-order valence-electron chi connectivity index (χ2n) is 11.8. The van der Waals surface area contributed by atoms with Crippen molar-refractivity contribution in [1.82, 2.24) is 9.55 Å². The number of imidazole rings is 1. The predicted octanol–water partition coefficient (Wildman–Crippen LogP) is 6.28. The van der Waals surface area contributed by atoms with Crippen LogP contribution in [0.25, 0.3) is 0 Å². The third kappa shape index (κ3) is 6.58. The predicted molar refractivity (Wildman–Crippen MR) is 155 cm³/mol. The molecule has 0 unspecified atom stereocenters.